The van der Waals surface area contributed by atoms with Gasteiger partial charge in [-0.25, -0.2) is 0 Å². The van der Waals surface area contributed by atoms with Crippen molar-refractivity contribution >= 4 is 5.97 Å². The maximum absolute atomic E-state index is 12.4. The highest BCUT2D eigenvalue weighted by Crippen LogP contribution is 2.31. The lowest BCUT2D eigenvalue weighted by molar-refractivity contribution is -0.161. The van der Waals surface area contributed by atoms with Crippen LogP contribution in [0.4, 0.5) is 0 Å². The molecule has 2 nitrogen and oxygen atoms in total. The standard InChI is InChI=1S/C21H26O2/c1-15(2)21(4,5)20(22)23-16(3)17-11-13-19(14-12-17)18-9-7-6-8-10-18/h6-16H,1-5H3. The van der Waals surface area contributed by atoms with E-state index in [9.17, 15) is 4.79 Å². The molecule has 0 aliphatic rings. The summed E-state index contributed by atoms with van der Waals surface area (Å²) in [7, 11) is 0. The van der Waals surface area contributed by atoms with E-state index in [4.69, 9.17) is 4.74 Å². The summed E-state index contributed by atoms with van der Waals surface area (Å²) >= 11 is 0. The largest absolute Gasteiger partial charge is 0.457 e. The van der Waals surface area contributed by atoms with Crippen molar-refractivity contribution in [3.63, 3.8) is 0 Å². The molecular weight excluding hydrogens is 284 g/mol. The van der Waals surface area contributed by atoms with Gasteiger partial charge in [0.15, 0.2) is 0 Å². The number of carbonyl (C=O) groups excluding carboxylic acids is 1. The Bertz CT molecular complexity index is 639. The van der Waals surface area contributed by atoms with E-state index in [1.54, 1.807) is 0 Å². The Morgan fingerprint density at radius 3 is 1.91 bits per heavy atom. The summed E-state index contributed by atoms with van der Waals surface area (Å²) in [5.74, 6) is 0.0924. The van der Waals surface area contributed by atoms with Gasteiger partial charge in [0.1, 0.15) is 6.10 Å². The van der Waals surface area contributed by atoms with Gasteiger partial charge in [-0.15, -0.1) is 0 Å². The molecule has 0 fully saturated rings. The minimum atomic E-state index is -0.474. The Balaban J connectivity index is 2.09. The molecule has 0 aliphatic carbocycles. The fourth-order valence-electron chi connectivity index (χ4n) is 2.19. The molecule has 1 atom stereocenters. The molecule has 0 radical (unpaired) electrons. The van der Waals surface area contributed by atoms with Gasteiger partial charge in [-0.1, -0.05) is 68.4 Å². The number of benzene rings is 2. The van der Waals surface area contributed by atoms with Crippen LogP contribution in [0, 0.1) is 11.3 Å². The highest BCUT2D eigenvalue weighted by atomic mass is 16.5. The number of rotatable bonds is 5. The molecule has 2 aromatic carbocycles. The van der Waals surface area contributed by atoms with Crippen LogP contribution in [0.1, 0.15) is 46.3 Å². The van der Waals surface area contributed by atoms with E-state index in [0.717, 1.165) is 11.1 Å². The molecular formula is C21H26O2. The Hall–Kier alpha value is -2.09. The van der Waals surface area contributed by atoms with Crippen molar-refractivity contribution in [3.05, 3.63) is 60.2 Å². The molecule has 0 saturated heterocycles. The second kappa shape index (κ2) is 6.99. The minimum Gasteiger partial charge on any atom is -0.457 e. The third-order valence-electron chi connectivity index (χ3n) is 4.74. The van der Waals surface area contributed by atoms with Crippen molar-refractivity contribution in [2.24, 2.45) is 11.3 Å². The molecule has 0 aliphatic heterocycles. The normalized spacial score (nSPS) is 13.0. The van der Waals surface area contributed by atoms with Crippen molar-refractivity contribution in [2.45, 2.75) is 40.7 Å². The first-order valence-electron chi connectivity index (χ1n) is 8.19. The number of carbonyl (C=O) groups is 1. The van der Waals surface area contributed by atoms with E-state index in [2.05, 4.69) is 24.3 Å². The van der Waals surface area contributed by atoms with Gasteiger partial charge in [0.25, 0.3) is 0 Å². The van der Waals surface area contributed by atoms with E-state index in [-0.39, 0.29) is 18.0 Å². The van der Waals surface area contributed by atoms with Crippen LogP contribution in [-0.4, -0.2) is 5.97 Å². The van der Waals surface area contributed by atoms with Crippen LogP contribution >= 0.6 is 0 Å². The molecule has 0 spiro atoms. The molecule has 0 amide bonds. The average molecular weight is 310 g/mol. The summed E-state index contributed by atoms with van der Waals surface area (Å²) in [6.45, 7) is 9.88. The molecule has 2 aromatic rings. The van der Waals surface area contributed by atoms with Gasteiger partial charge in [-0.3, -0.25) is 4.79 Å². The van der Waals surface area contributed by atoms with Crippen molar-refractivity contribution < 1.29 is 9.53 Å². The molecule has 0 bridgehead atoms. The van der Waals surface area contributed by atoms with Crippen molar-refractivity contribution in [1.29, 1.82) is 0 Å². The van der Waals surface area contributed by atoms with E-state index in [1.165, 1.54) is 5.56 Å². The molecule has 0 aromatic heterocycles. The van der Waals surface area contributed by atoms with Crippen LogP contribution in [0.2, 0.25) is 0 Å². The van der Waals surface area contributed by atoms with Crippen LogP contribution in [-0.2, 0) is 9.53 Å². The van der Waals surface area contributed by atoms with E-state index in [1.807, 2.05) is 65.0 Å². The van der Waals surface area contributed by atoms with Crippen LogP contribution < -0.4 is 0 Å². The van der Waals surface area contributed by atoms with Gasteiger partial charge in [0.2, 0.25) is 0 Å². The molecule has 0 N–H and O–H groups in total. The third kappa shape index (κ3) is 4.01. The fraction of sp³-hybridized carbons (Fsp3) is 0.381. The zero-order valence-corrected chi connectivity index (χ0v) is 14.7. The van der Waals surface area contributed by atoms with Gasteiger partial charge < -0.3 is 4.74 Å². The first-order chi connectivity index (χ1) is 10.8. The molecule has 23 heavy (non-hydrogen) atoms. The van der Waals surface area contributed by atoms with Crippen LogP contribution in [0.3, 0.4) is 0 Å². The number of ether oxygens (including phenoxy) is 1. The second-order valence-corrected chi connectivity index (χ2v) is 6.91. The topological polar surface area (TPSA) is 26.3 Å². The van der Waals surface area contributed by atoms with Crippen LogP contribution in [0.5, 0.6) is 0 Å². The Labute approximate surface area is 139 Å². The van der Waals surface area contributed by atoms with E-state index in [0.29, 0.717) is 0 Å². The maximum Gasteiger partial charge on any atom is 0.312 e. The van der Waals surface area contributed by atoms with Crippen molar-refractivity contribution in [3.8, 4) is 11.1 Å². The van der Waals surface area contributed by atoms with Gasteiger partial charge >= 0.3 is 5.97 Å². The van der Waals surface area contributed by atoms with Crippen LogP contribution in [0.15, 0.2) is 54.6 Å². The van der Waals surface area contributed by atoms with E-state index >= 15 is 0 Å². The van der Waals surface area contributed by atoms with Gasteiger partial charge in [0.05, 0.1) is 5.41 Å². The smallest absolute Gasteiger partial charge is 0.312 e. The third-order valence-corrected chi connectivity index (χ3v) is 4.74. The van der Waals surface area contributed by atoms with Crippen molar-refractivity contribution in [1.82, 2.24) is 0 Å². The number of hydrogen-bond acceptors (Lipinski definition) is 2. The maximum atomic E-state index is 12.4. The Morgan fingerprint density at radius 1 is 0.870 bits per heavy atom. The highest BCUT2D eigenvalue weighted by molar-refractivity contribution is 5.76. The fourth-order valence-corrected chi connectivity index (χ4v) is 2.19. The minimum absolute atomic E-state index is 0.146. The lowest BCUT2D eigenvalue weighted by Gasteiger charge is -2.28. The quantitative estimate of drug-likeness (QED) is 0.668. The molecule has 0 heterocycles. The van der Waals surface area contributed by atoms with Crippen molar-refractivity contribution in [2.75, 3.05) is 0 Å². The zero-order valence-electron chi connectivity index (χ0n) is 14.7. The summed E-state index contributed by atoms with van der Waals surface area (Å²) in [5.41, 5.74) is 2.88. The highest BCUT2D eigenvalue weighted by Gasteiger charge is 2.34. The molecule has 1 unspecified atom stereocenters. The summed E-state index contributed by atoms with van der Waals surface area (Å²) in [6.07, 6.45) is -0.245. The monoisotopic (exact) mass is 310 g/mol. The predicted molar refractivity (Wildman–Crippen MR) is 95.0 cm³/mol. The lowest BCUT2D eigenvalue weighted by atomic mass is 9.81. The Kier molecular flexibility index (Phi) is 5.25. The first kappa shape index (κ1) is 17.3. The van der Waals surface area contributed by atoms with E-state index < -0.39 is 5.41 Å². The summed E-state index contributed by atoms with van der Waals surface area (Å²) < 4.78 is 5.67. The average Bonchev–Trinajstić information content (AvgIpc) is 2.55. The summed E-state index contributed by atoms with van der Waals surface area (Å²) in [4.78, 5) is 12.4. The summed E-state index contributed by atoms with van der Waals surface area (Å²) in [6, 6.07) is 18.4. The number of esters is 1. The SMILES string of the molecule is CC(OC(=O)C(C)(C)C(C)C)c1ccc(-c2ccccc2)cc1. The summed E-state index contributed by atoms with van der Waals surface area (Å²) in [5, 5.41) is 0. The van der Waals surface area contributed by atoms with Gasteiger partial charge in [0, 0.05) is 0 Å². The molecule has 0 saturated carbocycles. The van der Waals surface area contributed by atoms with Gasteiger partial charge in [-0.05, 0) is 43.4 Å². The first-order valence-corrected chi connectivity index (χ1v) is 8.19. The second-order valence-electron chi connectivity index (χ2n) is 6.91. The molecule has 2 rings (SSSR count). The Morgan fingerprint density at radius 2 is 1.39 bits per heavy atom. The zero-order chi connectivity index (χ0) is 17.0. The van der Waals surface area contributed by atoms with Gasteiger partial charge in [-0.2, -0.15) is 0 Å². The van der Waals surface area contributed by atoms with Crippen LogP contribution in [0.25, 0.3) is 11.1 Å². The predicted octanol–water partition coefficient (Wildman–Crippen LogP) is 5.64. The number of hydrogen-bond donors (Lipinski definition) is 0. The molecule has 2 heteroatoms. The lowest BCUT2D eigenvalue weighted by Crippen LogP contribution is -2.32. The molecule has 122 valence electrons.